The van der Waals surface area contributed by atoms with Gasteiger partial charge in [0.05, 0.1) is 3.57 Å². The van der Waals surface area contributed by atoms with Crippen molar-refractivity contribution in [1.29, 1.82) is 0 Å². The summed E-state index contributed by atoms with van der Waals surface area (Å²) in [5, 5.41) is 8.27. The van der Waals surface area contributed by atoms with Crippen LogP contribution in [0.3, 0.4) is 0 Å². The Morgan fingerprint density at radius 3 is 2.64 bits per heavy atom. The van der Waals surface area contributed by atoms with Gasteiger partial charge in [-0.2, -0.15) is 0 Å². The summed E-state index contributed by atoms with van der Waals surface area (Å²) in [5.41, 5.74) is 0. The zero-order chi connectivity index (χ0) is 8.27. The third kappa shape index (κ3) is 2.38. The number of benzene rings is 1. The number of para-hydroxylation sites is 1. The molecule has 1 N–H and O–H groups in total. The van der Waals surface area contributed by atoms with Gasteiger partial charge in [-0.25, -0.2) is 4.79 Å². The predicted octanol–water partition coefficient (Wildman–Crippen LogP) is 2.35. The Morgan fingerprint density at radius 2 is 2.09 bits per heavy atom. The number of hydrogen-bond acceptors (Lipinski definition) is 2. The normalized spacial score (nSPS) is 9.18. The second-order valence-corrected chi connectivity index (χ2v) is 2.96. The Hall–Kier alpha value is -0.780. The van der Waals surface area contributed by atoms with Crippen LogP contribution in [0.15, 0.2) is 24.3 Å². The summed E-state index contributed by atoms with van der Waals surface area (Å²) in [6, 6.07) is 6.92. The summed E-state index contributed by atoms with van der Waals surface area (Å²) in [5.74, 6) is 0.376. The lowest BCUT2D eigenvalue weighted by atomic mass is 10.3. The van der Waals surface area contributed by atoms with Crippen molar-refractivity contribution in [2.45, 2.75) is 0 Å². The lowest BCUT2D eigenvalue weighted by Crippen LogP contribution is -2.03. The summed E-state index contributed by atoms with van der Waals surface area (Å²) in [6.07, 6.45) is -1.28. The smallest absolute Gasteiger partial charge is 0.449 e. The Morgan fingerprint density at radius 1 is 1.45 bits per heavy atom. The monoisotopic (exact) mass is 264 g/mol. The largest absolute Gasteiger partial charge is 0.511 e. The van der Waals surface area contributed by atoms with E-state index < -0.39 is 6.16 Å². The first-order valence-corrected chi connectivity index (χ1v) is 3.93. The van der Waals surface area contributed by atoms with Gasteiger partial charge in [-0.3, -0.25) is 0 Å². The molecule has 0 heterocycles. The molecule has 0 aliphatic heterocycles. The Kier molecular flexibility index (Phi) is 2.70. The van der Waals surface area contributed by atoms with Crippen LogP contribution in [-0.2, 0) is 0 Å². The van der Waals surface area contributed by atoms with Crippen molar-refractivity contribution in [2.75, 3.05) is 0 Å². The molecule has 4 heteroatoms. The van der Waals surface area contributed by atoms with E-state index >= 15 is 0 Å². The van der Waals surface area contributed by atoms with Crippen molar-refractivity contribution >= 4 is 28.7 Å². The summed E-state index contributed by atoms with van der Waals surface area (Å²) < 4.78 is 5.24. The first-order valence-electron chi connectivity index (χ1n) is 2.85. The van der Waals surface area contributed by atoms with Crippen LogP contribution in [0.4, 0.5) is 4.79 Å². The Balaban J connectivity index is 2.86. The average Bonchev–Trinajstić information content (AvgIpc) is 1.93. The van der Waals surface area contributed by atoms with Crippen LogP contribution < -0.4 is 4.74 Å². The minimum absolute atomic E-state index is 0.376. The highest BCUT2D eigenvalue weighted by Gasteiger charge is 2.02. The molecule has 0 radical (unpaired) electrons. The number of rotatable bonds is 1. The van der Waals surface area contributed by atoms with E-state index in [-0.39, 0.29) is 0 Å². The quantitative estimate of drug-likeness (QED) is 0.481. The molecule has 1 aromatic rings. The molecule has 0 saturated heterocycles. The van der Waals surface area contributed by atoms with Crippen LogP contribution in [0, 0.1) is 3.57 Å². The Labute approximate surface area is 77.1 Å². The fourth-order valence-electron chi connectivity index (χ4n) is 0.622. The highest BCUT2D eigenvalue weighted by atomic mass is 127. The van der Waals surface area contributed by atoms with E-state index in [1.54, 1.807) is 18.2 Å². The van der Waals surface area contributed by atoms with Crippen LogP contribution >= 0.6 is 22.6 Å². The van der Waals surface area contributed by atoms with Gasteiger partial charge in [0.15, 0.2) is 0 Å². The number of halogens is 1. The van der Waals surface area contributed by atoms with Gasteiger partial charge in [0.2, 0.25) is 0 Å². The molecule has 0 fully saturated rings. The second kappa shape index (κ2) is 3.56. The minimum atomic E-state index is -1.28. The van der Waals surface area contributed by atoms with Crippen molar-refractivity contribution in [3.63, 3.8) is 0 Å². The van der Waals surface area contributed by atoms with Crippen molar-refractivity contribution in [2.24, 2.45) is 0 Å². The van der Waals surface area contributed by atoms with Crippen LogP contribution in [0.2, 0.25) is 0 Å². The average molecular weight is 264 g/mol. The third-order valence-electron chi connectivity index (χ3n) is 1.03. The van der Waals surface area contributed by atoms with Crippen molar-refractivity contribution in [3.8, 4) is 5.75 Å². The maximum atomic E-state index is 10.1. The van der Waals surface area contributed by atoms with E-state index in [9.17, 15) is 4.79 Å². The SMILES string of the molecule is O=C(O)Oc1ccccc1I. The maximum absolute atomic E-state index is 10.1. The molecule has 0 aliphatic rings. The Bertz CT molecular complexity index is 272. The topological polar surface area (TPSA) is 46.5 Å². The molecule has 0 amide bonds. The molecule has 58 valence electrons. The molecular weight excluding hydrogens is 259 g/mol. The predicted molar refractivity (Wildman–Crippen MR) is 47.8 cm³/mol. The molecular formula is C7H5IO3. The molecule has 0 bridgehead atoms. The van der Waals surface area contributed by atoms with Gasteiger partial charge in [-0.15, -0.1) is 0 Å². The van der Waals surface area contributed by atoms with Crippen LogP contribution in [0.1, 0.15) is 0 Å². The van der Waals surface area contributed by atoms with Crippen molar-refractivity contribution in [3.05, 3.63) is 27.8 Å². The lowest BCUT2D eigenvalue weighted by Gasteiger charge is -2.00. The molecule has 1 aromatic carbocycles. The summed E-state index contributed by atoms with van der Waals surface area (Å²) >= 11 is 2.01. The van der Waals surface area contributed by atoms with Crippen LogP contribution in [-0.4, -0.2) is 11.3 Å². The van der Waals surface area contributed by atoms with Gasteiger partial charge in [0.25, 0.3) is 0 Å². The number of hydrogen-bond donors (Lipinski definition) is 1. The van der Waals surface area contributed by atoms with E-state index in [4.69, 9.17) is 5.11 Å². The number of carboxylic acid groups (broad SMARTS) is 1. The van der Waals surface area contributed by atoms with Gasteiger partial charge in [0.1, 0.15) is 5.75 Å². The standard InChI is InChI=1S/C7H5IO3/c8-5-3-1-2-4-6(5)11-7(9)10/h1-4H,(H,9,10). The zero-order valence-electron chi connectivity index (χ0n) is 5.45. The lowest BCUT2D eigenvalue weighted by molar-refractivity contribution is 0.144. The molecule has 11 heavy (non-hydrogen) atoms. The highest BCUT2D eigenvalue weighted by molar-refractivity contribution is 14.1. The molecule has 3 nitrogen and oxygen atoms in total. The van der Waals surface area contributed by atoms with E-state index in [2.05, 4.69) is 4.74 Å². The molecule has 1 rings (SSSR count). The molecule has 0 aromatic heterocycles. The maximum Gasteiger partial charge on any atom is 0.511 e. The summed E-state index contributed by atoms with van der Waals surface area (Å²) in [4.78, 5) is 10.1. The van der Waals surface area contributed by atoms with Gasteiger partial charge in [-0.05, 0) is 34.7 Å². The van der Waals surface area contributed by atoms with Crippen LogP contribution in [0.25, 0.3) is 0 Å². The van der Waals surface area contributed by atoms with Gasteiger partial charge < -0.3 is 9.84 Å². The van der Waals surface area contributed by atoms with Gasteiger partial charge >= 0.3 is 6.16 Å². The van der Waals surface area contributed by atoms with Gasteiger partial charge in [-0.1, -0.05) is 12.1 Å². The van der Waals surface area contributed by atoms with Crippen molar-refractivity contribution in [1.82, 2.24) is 0 Å². The first kappa shape index (κ1) is 8.32. The third-order valence-corrected chi connectivity index (χ3v) is 1.93. The molecule has 0 saturated carbocycles. The summed E-state index contributed by atoms with van der Waals surface area (Å²) in [6.45, 7) is 0. The second-order valence-electron chi connectivity index (χ2n) is 1.80. The fourth-order valence-corrected chi connectivity index (χ4v) is 1.12. The van der Waals surface area contributed by atoms with E-state index in [1.807, 2.05) is 28.7 Å². The first-order chi connectivity index (χ1) is 5.20. The fraction of sp³-hybridized carbons (Fsp3) is 0. The molecule has 0 atom stereocenters. The minimum Gasteiger partial charge on any atom is -0.449 e. The summed E-state index contributed by atoms with van der Waals surface area (Å²) in [7, 11) is 0. The van der Waals surface area contributed by atoms with Gasteiger partial charge in [0, 0.05) is 0 Å². The van der Waals surface area contributed by atoms with E-state index in [1.165, 1.54) is 0 Å². The molecule has 0 unspecified atom stereocenters. The van der Waals surface area contributed by atoms with Crippen molar-refractivity contribution < 1.29 is 14.6 Å². The number of ether oxygens (including phenoxy) is 1. The highest BCUT2D eigenvalue weighted by Crippen LogP contribution is 2.19. The molecule has 0 spiro atoms. The zero-order valence-corrected chi connectivity index (χ0v) is 7.61. The number of carbonyl (C=O) groups is 1. The van der Waals surface area contributed by atoms with Crippen LogP contribution in [0.5, 0.6) is 5.75 Å². The van der Waals surface area contributed by atoms with E-state index in [0.717, 1.165) is 3.57 Å². The van der Waals surface area contributed by atoms with E-state index in [0.29, 0.717) is 5.75 Å². The molecule has 0 aliphatic carbocycles.